The number of nitrogens with zero attached hydrogens (tertiary/aromatic N) is 1. The Morgan fingerprint density at radius 2 is 1.67 bits per heavy atom. The number of aromatic nitrogens is 1. The van der Waals surface area contributed by atoms with E-state index in [9.17, 15) is 0 Å². The van der Waals surface area contributed by atoms with Crippen molar-refractivity contribution in [3.8, 4) is 0 Å². The van der Waals surface area contributed by atoms with E-state index in [0.29, 0.717) is 6.04 Å². The van der Waals surface area contributed by atoms with Crippen LogP contribution in [0.2, 0.25) is 0 Å². The lowest BCUT2D eigenvalue weighted by atomic mass is 10.0. The number of hydrogen-bond donors (Lipinski definition) is 1. The van der Waals surface area contributed by atoms with Crippen LogP contribution in [0.5, 0.6) is 0 Å². The molecule has 0 amide bonds. The van der Waals surface area contributed by atoms with Gasteiger partial charge >= 0.3 is 0 Å². The highest BCUT2D eigenvalue weighted by Crippen LogP contribution is 2.14. The lowest BCUT2D eigenvalue weighted by Gasteiger charge is -2.12. The maximum Gasteiger partial charge on any atom is 0.0270 e. The van der Waals surface area contributed by atoms with Gasteiger partial charge in [0.2, 0.25) is 0 Å². The third-order valence-corrected chi connectivity index (χ3v) is 2.96. The van der Waals surface area contributed by atoms with Gasteiger partial charge in [-0.05, 0) is 35.2 Å². The number of nitrogens with one attached hydrogen (secondary N) is 1. The molecule has 0 spiro atoms. The van der Waals surface area contributed by atoms with Crippen LogP contribution >= 0.6 is 0 Å². The first-order valence-corrected chi connectivity index (χ1v) is 6.45. The molecule has 0 saturated carbocycles. The minimum absolute atomic E-state index is 0.513. The van der Waals surface area contributed by atoms with Crippen molar-refractivity contribution in [2.45, 2.75) is 32.9 Å². The fourth-order valence-corrected chi connectivity index (χ4v) is 1.94. The number of benzene rings is 1. The second kappa shape index (κ2) is 6.31. The lowest BCUT2D eigenvalue weighted by Crippen LogP contribution is -2.22. The van der Waals surface area contributed by atoms with Crippen molar-refractivity contribution in [2.24, 2.45) is 0 Å². The first kappa shape index (κ1) is 12.8. The van der Waals surface area contributed by atoms with Crippen molar-refractivity contribution in [1.82, 2.24) is 10.3 Å². The highest BCUT2D eigenvalue weighted by molar-refractivity contribution is 5.32. The Balaban J connectivity index is 2.12. The van der Waals surface area contributed by atoms with Gasteiger partial charge in [-0.15, -0.1) is 0 Å². The molecule has 0 aliphatic rings. The summed E-state index contributed by atoms with van der Waals surface area (Å²) in [5.74, 6) is 0. The summed E-state index contributed by atoms with van der Waals surface area (Å²) in [6.45, 7) is 5.27. The molecule has 0 aliphatic heterocycles. The van der Waals surface area contributed by atoms with E-state index in [2.05, 4.69) is 60.5 Å². The highest BCUT2D eigenvalue weighted by Gasteiger charge is 2.03. The quantitative estimate of drug-likeness (QED) is 0.868. The molecule has 0 bridgehead atoms. The van der Waals surface area contributed by atoms with E-state index in [0.717, 1.165) is 13.0 Å². The van der Waals surface area contributed by atoms with Gasteiger partial charge in [0.15, 0.2) is 0 Å². The molecule has 94 valence electrons. The van der Waals surface area contributed by atoms with Gasteiger partial charge in [0.05, 0.1) is 0 Å². The van der Waals surface area contributed by atoms with E-state index in [1.807, 2.05) is 12.4 Å². The van der Waals surface area contributed by atoms with Gasteiger partial charge in [0.25, 0.3) is 0 Å². The predicted molar refractivity (Wildman–Crippen MR) is 75.5 cm³/mol. The van der Waals surface area contributed by atoms with Gasteiger partial charge < -0.3 is 5.32 Å². The van der Waals surface area contributed by atoms with Gasteiger partial charge in [-0.1, -0.05) is 38.1 Å². The molecule has 2 nitrogen and oxygen atoms in total. The van der Waals surface area contributed by atoms with Crippen LogP contribution in [0.4, 0.5) is 0 Å². The van der Waals surface area contributed by atoms with E-state index in [1.54, 1.807) is 0 Å². The normalized spacial score (nSPS) is 10.8. The van der Waals surface area contributed by atoms with Crippen LogP contribution in [0, 0.1) is 0 Å². The van der Waals surface area contributed by atoms with Crippen molar-refractivity contribution in [1.29, 1.82) is 0 Å². The topological polar surface area (TPSA) is 24.9 Å². The predicted octanol–water partition coefficient (Wildman–Crippen LogP) is 3.17. The van der Waals surface area contributed by atoms with E-state index >= 15 is 0 Å². The van der Waals surface area contributed by atoms with Crippen LogP contribution in [0.3, 0.4) is 0 Å². The fourth-order valence-electron chi connectivity index (χ4n) is 1.94. The molecule has 0 radical (unpaired) electrons. The molecule has 0 aliphatic carbocycles. The van der Waals surface area contributed by atoms with Crippen molar-refractivity contribution in [2.75, 3.05) is 0 Å². The Bertz CT molecular complexity index is 477. The number of hydrogen-bond acceptors (Lipinski definition) is 2. The molecule has 1 heterocycles. The molecular formula is C16H20N2. The Morgan fingerprint density at radius 1 is 1.00 bits per heavy atom. The van der Waals surface area contributed by atoms with Crippen LogP contribution in [-0.4, -0.2) is 11.0 Å². The molecule has 1 aromatic heterocycles. The maximum absolute atomic E-state index is 4.06. The average Bonchev–Trinajstić information content (AvgIpc) is 2.39. The van der Waals surface area contributed by atoms with E-state index in [-0.39, 0.29) is 0 Å². The molecule has 0 unspecified atom stereocenters. The second-order valence-electron chi connectivity index (χ2n) is 4.84. The monoisotopic (exact) mass is 240 g/mol. The zero-order valence-electron chi connectivity index (χ0n) is 11.1. The Labute approximate surface area is 109 Å². The average molecular weight is 240 g/mol. The SMILES string of the molecule is CC(C)NCc1ccccc1Cc1ccncc1. The third-order valence-electron chi connectivity index (χ3n) is 2.96. The zero-order valence-corrected chi connectivity index (χ0v) is 11.1. The molecule has 18 heavy (non-hydrogen) atoms. The van der Waals surface area contributed by atoms with Gasteiger partial charge in [0.1, 0.15) is 0 Å². The molecule has 0 saturated heterocycles. The Kier molecular flexibility index (Phi) is 4.48. The van der Waals surface area contributed by atoms with Crippen molar-refractivity contribution >= 4 is 0 Å². The Hall–Kier alpha value is -1.67. The van der Waals surface area contributed by atoms with Crippen molar-refractivity contribution in [3.63, 3.8) is 0 Å². The summed E-state index contributed by atoms with van der Waals surface area (Å²) in [6, 6.07) is 13.3. The van der Waals surface area contributed by atoms with E-state index in [4.69, 9.17) is 0 Å². The zero-order chi connectivity index (χ0) is 12.8. The van der Waals surface area contributed by atoms with Crippen LogP contribution in [0.25, 0.3) is 0 Å². The summed E-state index contributed by atoms with van der Waals surface area (Å²) < 4.78 is 0. The smallest absolute Gasteiger partial charge is 0.0270 e. The number of pyridine rings is 1. The van der Waals surface area contributed by atoms with Crippen LogP contribution in [0.15, 0.2) is 48.8 Å². The summed E-state index contributed by atoms with van der Waals surface area (Å²) in [4.78, 5) is 4.06. The maximum atomic E-state index is 4.06. The molecule has 0 atom stereocenters. The molecule has 0 fully saturated rings. The standard InChI is InChI=1S/C16H20N2/c1-13(2)18-12-16-6-4-3-5-15(16)11-14-7-9-17-10-8-14/h3-10,13,18H,11-12H2,1-2H3. The Morgan fingerprint density at radius 3 is 2.33 bits per heavy atom. The largest absolute Gasteiger partial charge is 0.310 e. The molecule has 2 rings (SSSR count). The minimum Gasteiger partial charge on any atom is -0.310 e. The summed E-state index contributed by atoms with van der Waals surface area (Å²) in [5, 5.41) is 3.48. The van der Waals surface area contributed by atoms with Gasteiger partial charge in [-0.2, -0.15) is 0 Å². The van der Waals surface area contributed by atoms with Crippen LogP contribution in [-0.2, 0) is 13.0 Å². The highest BCUT2D eigenvalue weighted by atomic mass is 14.9. The molecule has 1 aromatic carbocycles. The fraction of sp³-hybridized carbons (Fsp3) is 0.312. The van der Waals surface area contributed by atoms with E-state index in [1.165, 1.54) is 16.7 Å². The summed E-state index contributed by atoms with van der Waals surface area (Å²) in [7, 11) is 0. The first-order valence-electron chi connectivity index (χ1n) is 6.45. The van der Waals surface area contributed by atoms with Gasteiger partial charge in [-0.25, -0.2) is 0 Å². The van der Waals surface area contributed by atoms with Crippen LogP contribution in [0.1, 0.15) is 30.5 Å². The third kappa shape index (κ3) is 3.67. The summed E-state index contributed by atoms with van der Waals surface area (Å²) in [5.41, 5.74) is 4.07. The lowest BCUT2D eigenvalue weighted by molar-refractivity contribution is 0.587. The molecule has 1 N–H and O–H groups in total. The molecule has 2 aromatic rings. The number of rotatable bonds is 5. The molecular weight excluding hydrogens is 220 g/mol. The summed E-state index contributed by atoms with van der Waals surface area (Å²) in [6.07, 6.45) is 4.67. The van der Waals surface area contributed by atoms with Gasteiger partial charge in [-0.3, -0.25) is 4.98 Å². The van der Waals surface area contributed by atoms with Gasteiger partial charge in [0, 0.05) is 25.0 Å². The van der Waals surface area contributed by atoms with Crippen molar-refractivity contribution < 1.29 is 0 Å². The first-order chi connectivity index (χ1) is 8.75. The van der Waals surface area contributed by atoms with Crippen molar-refractivity contribution in [3.05, 3.63) is 65.5 Å². The van der Waals surface area contributed by atoms with E-state index < -0.39 is 0 Å². The molecule has 2 heteroatoms. The minimum atomic E-state index is 0.513. The second-order valence-corrected chi connectivity index (χ2v) is 4.84. The summed E-state index contributed by atoms with van der Waals surface area (Å²) >= 11 is 0. The van der Waals surface area contributed by atoms with Crippen LogP contribution < -0.4 is 5.32 Å².